The molecule has 0 saturated carbocycles. The van der Waals surface area contributed by atoms with Crippen LogP contribution < -0.4 is 5.32 Å². The normalized spacial score (nSPS) is 12.3. The predicted octanol–water partition coefficient (Wildman–Crippen LogP) is 3.42. The van der Waals surface area contributed by atoms with Gasteiger partial charge in [0.1, 0.15) is 5.82 Å². The lowest BCUT2D eigenvalue weighted by atomic mass is 10.00. The van der Waals surface area contributed by atoms with Crippen molar-refractivity contribution in [1.29, 1.82) is 0 Å². The van der Waals surface area contributed by atoms with E-state index in [1.54, 1.807) is 0 Å². The van der Waals surface area contributed by atoms with Gasteiger partial charge in [-0.2, -0.15) is 0 Å². The molecule has 2 aromatic rings. The zero-order valence-corrected chi connectivity index (χ0v) is 12.4. The predicted molar refractivity (Wildman–Crippen MR) is 83.6 cm³/mol. The van der Waals surface area contributed by atoms with E-state index in [0.29, 0.717) is 19.1 Å². The minimum Gasteiger partial charge on any atom is -0.376 e. The van der Waals surface area contributed by atoms with Crippen LogP contribution in [0, 0.1) is 11.7 Å². The van der Waals surface area contributed by atoms with E-state index < -0.39 is 0 Å². The van der Waals surface area contributed by atoms with Crippen LogP contribution in [0.1, 0.15) is 11.1 Å². The summed E-state index contributed by atoms with van der Waals surface area (Å²) in [7, 11) is 1.94. The van der Waals surface area contributed by atoms with Crippen molar-refractivity contribution in [2.75, 3.05) is 20.2 Å². The first-order valence-corrected chi connectivity index (χ1v) is 7.28. The van der Waals surface area contributed by atoms with E-state index >= 15 is 0 Å². The number of hydrogen-bond acceptors (Lipinski definition) is 2. The van der Waals surface area contributed by atoms with Crippen LogP contribution in [0.5, 0.6) is 0 Å². The van der Waals surface area contributed by atoms with Crippen molar-refractivity contribution in [2.45, 2.75) is 13.0 Å². The first-order chi connectivity index (χ1) is 10.3. The van der Waals surface area contributed by atoms with Gasteiger partial charge in [-0.3, -0.25) is 0 Å². The van der Waals surface area contributed by atoms with Crippen molar-refractivity contribution < 1.29 is 9.13 Å². The third-order valence-corrected chi connectivity index (χ3v) is 3.40. The highest BCUT2D eigenvalue weighted by Crippen LogP contribution is 2.11. The Morgan fingerprint density at radius 3 is 2.38 bits per heavy atom. The summed E-state index contributed by atoms with van der Waals surface area (Å²) >= 11 is 0. The Morgan fingerprint density at radius 1 is 1.00 bits per heavy atom. The Kier molecular flexibility index (Phi) is 6.38. The molecule has 0 aliphatic heterocycles. The standard InChI is InChI=1S/C18H22FNO/c1-20-12-17(11-15-7-9-18(19)10-8-15)14-21-13-16-5-3-2-4-6-16/h2-10,17,20H,11-14H2,1H3. The fourth-order valence-corrected chi connectivity index (χ4v) is 2.35. The zero-order valence-electron chi connectivity index (χ0n) is 12.4. The summed E-state index contributed by atoms with van der Waals surface area (Å²) in [5.41, 5.74) is 2.32. The molecule has 112 valence electrons. The molecule has 0 fully saturated rings. The highest BCUT2D eigenvalue weighted by molar-refractivity contribution is 5.17. The van der Waals surface area contributed by atoms with E-state index in [1.807, 2.05) is 37.4 Å². The van der Waals surface area contributed by atoms with Gasteiger partial charge in [-0.05, 0) is 42.6 Å². The van der Waals surface area contributed by atoms with Crippen LogP contribution in [0.3, 0.4) is 0 Å². The van der Waals surface area contributed by atoms with E-state index in [9.17, 15) is 4.39 Å². The SMILES string of the molecule is CNCC(COCc1ccccc1)Cc1ccc(F)cc1. The van der Waals surface area contributed by atoms with Gasteiger partial charge in [-0.15, -0.1) is 0 Å². The van der Waals surface area contributed by atoms with Gasteiger partial charge in [0.15, 0.2) is 0 Å². The second-order valence-electron chi connectivity index (χ2n) is 5.26. The maximum Gasteiger partial charge on any atom is 0.123 e. The van der Waals surface area contributed by atoms with Crippen molar-refractivity contribution in [2.24, 2.45) is 5.92 Å². The molecular formula is C18H22FNO. The van der Waals surface area contributed by atoms with Gasteiger partial charge in [0, 0.05) is 6.54 Å². The fourth-order valence-electron chi connectivity index (χ4n) is 2.35. The molecule has 1 unspecified atom stereocenters. The lowest BCUT2D eigenvalue weighted by Crippen LogP contribution is -2.25. The second kappa shape index (κ2) is 8.55. The Morgan fingerprint density at radius 2 is 1.71 bits per heavy atom. The molecule has 1 atom stereocenters. The number of nitrogens with one attached hydrogen (secondary N) is 1. The van der Waals surface area contributed by atoms with Gasteiger partial charge in [-0.25, -0.2) is 4.39 Å². The third kappa shape index (κ3) is 5.66. The van der Waals surface area contributed by atoms with E-state index in [2.05, 4.69) is 17.4 Å². The topological polar surface area (TPSA) is 21.3 Å². The Labute approximate surface area is 126 Å². The molecule has 0 aliphatic rings. The fraction of sp³-hybridized carbons (Fsp3) is 0.333. The average Bonchev–Trinajstić information content (AvgIpc) is 2.51. The third-order valence-electron chi connectivity index (χ3n) is 3.40. The van der Waals surface area contributed by atoms with Crippen molar-refractivity contribution in [3.63, 3.8) is 0 Å². The Hall–Kier alpha value is -1.71. The largest absolute Gasteiger partial charge is 0.376 e. The molecule has 2 nitrogen and oxygen atoms in total. The summed E-state index contributed by atoms with van der Waals surface area (Å²) < 4.78 is 18.7. The van der Waals surface area contributed by atoms with Gasteiger partial charge < -0.3 is 10.1 Å². The molecule has 0 saturated heterocycles. The summed E-state index contributed by atoms with van der Waals surface area (Å²) in [4.78, 5) is 0. The van der Waals surface area contributed by atoms with Crippen molar-refractivity contribution in [3.05, 3.63) is 71.5 Å². The summed E-state index contributed by atoms with van der Waals surface area (Å²) in [5, 5.41) is 3.19. The second-order valence-corrected chi connectivity index (χ2v) is 5.26. The van der Waals surface area contributed by atoms with Crippen LogP contribution in [0.2, 0.25) is 0 Å². The van der Waals surface area contributed by atoms with Gasteiger partial charge >= 0.3 is 0 Å². The molecule has 21 heavy (non-hydrogen) atoms. The first-order valence-electron chi connectivity index (χ1n) is 7.28. The lowest BCUT2D eigenvalue weighted by molar-refractivity contribution is 0.0871. The van der Waals surface area contributed by atoms with Crippen LogP contribution in [-0.2, 0) is 17.8 Å². The maximum absolute atomic E-state index is 12.9. The highest BCUT2D eigenvalue weighted by Gasteiger charge is 2.09. The minimum atomic E-state index is -0.191. The monoisotopic (exact) mass is 287 g/mol. The molecule has 0 amide bonds. The number of rotatable bonds is 8. The van der Waals surface area contributed by atoms with Gasteiger partial charge in [0.25, 0.3) is 0 Å². The van der Waals surface area contributed by atoms with E-state index in [4.69, 9.17) is 4.74 Å². The van der Waals surface area contributed by atoms with Gasteiger partial charge in [0.2, 0.25) is 0 Å². The number of benzene rings is 2. The molecule has 0 spiro atoms. The molecule has 3 heteroatoms. The molecule has 0 bridgehead atoms. The summed E-state index contributed by atoms with van der Waals surface area (Å²) in [6, 6.07) is 16.9. The van der Waals surface area contributed by atoms with Crippen LogP contribution in [0.25, 0.3) is 0 Å². The molecule has 0 heterocycles. The molecule has 2 rings (SSSR count). The van der Waals surface area contributed by atoms with Crippen molar-refractivity contribution >= 4 is 0 Å². The molecule has 0 aromatic heterocycles. The Balaban J connectivity index is 1.82. The van der Waals surface area contributed by atoms with Crippen molar-refractivity contribution in [1.82, 2.24) is 5.32 Å². The Bertz CT molecular complexity index is 513. The van der Waals surface area contributed by atoms with Crippen molar-refractivity contribution in [3.8, 4) is 0 Å². The lowest BCUT2D eigenvalue weighted by Gasteiger charge is -2.17. The first kappa shape index (κ1) is 15.7. The van der Waals surface area contributed by atoms with Crippen LogP contribution in [0.15, 0.2) is 54.6 Å². The number of halogens is 1. The van der Waals surface area contributed by atoms with E-state index in [-0.39, 0.29) is 5.82 Å². The summed E-state index contributed by atoms with van der Waals surface area (Å²) in [6.07, 6.45) is 0.885. The van der Waals surface area contributed by atoms with Gasteiger partial charge in [0.05, 0.1) is 13.2 Å². The smallest absolute Gasteiger partial charge is 0.123 e. The molecular weight excluding hydrogens is 265 g/mol. The van der Waals surface area contributed by atoms with E-state index in [0.717, 1.165) is 18.5 Å². The molecule has 2 aromatic carbocycles. The summed E-state index contributed by atoms with van der Waals surface area (Å²) in [6.45, 7) is 2.20. The number of ether oxygens (including phenoxy) is 1. The maximum atomic E-state index is 12.9. The minimum absolute atomic E-state index is 0.191. The molecule has 0 aliphatic carbocycles. The van der Waals surface area contributed by atoms with Crippen LogP contribution >= 0.6 is 0 Å². The van der Waals surface area contributed by atoms with Crippen LogP contribution in [-0.4, -0.2) is 20.2 Å². The van der Waals surface area contributed by atoms with Gasteiger partial charge in [-0.1, -0.05) is 42.5 Å². The number of hydrogen-bond donors (Lipinski definition) is 1. The van der Waals surface area contributed by atoms with Crippen LogP contribution in [0.4, 0.5) is 4.39 Å². The average molecular weight is 287 g/mol. The quantitative estimate of drug-likeness (QED) is 0.803. The molecule has 0 radical (unpaired) electrons. The zero-order chi connectivity index (χ0) is 14.9. The molecule has 1 N–H and O–H groups in total. The summed E-state index contributed by atoms with van der Waals surface area (Å²) in [5.74, 6) is 0.188. The van der Waals surface area contributed by atoms with E-state index in [1.165, 1.54) is 17.7 Å². The highest BCUT2D eigenvalue weighted by atomic mass is 19.1.